The van der Waals surface area contributed by atoms with E-state index in [0.29, 0.717) is 13.1 Å². The third-order valence-corrected chi connectivity index (χ3v) is 2.06. The van der Waals surface area contributed by atoms with Gasteiger partial charge in [-0.25, -0.2) is 0 Å². The first-order valence-corrected chi connectivity index (χ1v) is 4.05. The summed E-state index contributed by atoms with van der Waals surface area (Å²) in [6, 6.07) is 0. The van der Waals surface area contributed by atoms with Gasteiger partial charge in [-0.3, -0.25) is 0 Å². The molecule has 0 amide bonds. The molecule has 1 saturated heterocycles. The minimum Gasteiger partial charge on any atom is -0.449 e. The second-order valence-electron chi connectivity index (χ2n) is 3.31. The quantitative estimate of drug-likeness (QED) is 0.543. The first kappa shape index (κ1) is 14.4. The van der Waals surface area contributed by atoms with Gasteiger partial charge in [0.1, 0.15) is 0 Å². The van der Waals surface area contributed by atoms with Crippen LogP contribution in [0.15, 0.2) is 0 Å². The van der Waals surface area contributed by atoms with E-state index in [0.717, 1.165) is 0 Å². The fraction of sp³-hybridized carbons (Fsp3) is 1.00. The standard InChI is InChI=1S/C6H12BF3NO.K/c8-7(9,10)1-2-11-3-6(4-11)5-12;/h6,12H,1-5H2;/q-1;+1. The molecule has 1 N–H and O–H groups in total. The summed E-state index contributed by atoms with van der Waals surface area (Å²) < 4.78 is 35.2. The molecular weight excluding hydrogens is 209 g/mol. The number of hydrogen-bond acceptors (Lipinski definition) is 2. The minimum absolute atomic E-state index is 0. The number of nitrogens with zero attached hydrogens (tertiary/aromatic N) is 1. The summed E-state index contributed by atoms with van der Waals surface area (Å²) in [5, 5.41) is 8.59. The SMILES string of the molecule is OCC1CN(CC[B-](F)(F)F)C1.[K+]. The minimum atomic E-state index is -4.63. The fourth-order valence-electron chi connectivity index (χ4n) is 1.30. The van der Waals surface area contributed by atoms with Gasteiger partial charge in [-0.2, -0.15) is 0 Å². The van der Waals surface area contributed by atoms with E-state index in [2.05, 4.69) is 0 Å². The average Bonchev–Trinajstić information content (AvgIpc) is 1.82. The first-order valence-electron chi connectivity index (χ1n) is 4.05. The van der Waals surface area contributed by atoms with Crippen LogP contribution in [0.5, 0.6) is 0 Å². The Morgan fingerprint density at radius 1 is 1.31 bits per heavy atom. The normalized spacial score (nSPS) is 19.4. The number of rotatable bonds is 4. The van der Waals surface area contributed by atoms with E-state index < -0.39 is 13.3 Å². The van der Waals surface area contributed by atoms with Gasteiger partial charge in [0, 0.05) is 25.6 Å². The molecule has 0 aromatic heterocycles. The summed E-state index contributed by atoms with van der Waals surface area (Å²) in [4.78, 5) is 1.72. The van der Waals surface area contributed by atoms with Crippen LogP contribution < -0.4 is 51.4 Å². The summed E-state index contributed by atoms with van der Waals surface area (Å²) in [5.74, 6) is 0.200. The Hall–Kier alpha value is 1.41. The van der Waals surface area contributed by atoms with Crippen molar-refractivity contribution in [1.82, 2.24) is 4.90 Å². The Labute approximate surface area is 118 Å². The van der Waals surface area contributed by atoms with Gasteiger partial charge in [0.05, 0.1) is 0 Å². The van der Waals surface area contributed by atoms with Gasteiger partial charge >= 0.3 is 58.4 Å². The molecule has 7 heteroatoms. The first-order chi connectivity index (χ1) is 5.51. The van der Waals surface area contributed by atoms with Crippen LogP contribution in [0.1, 0.15) is 0 Å². The Morgan fingerprint density at radius 2 is 1.85 bits per heavy atom. The molecular formula is C6H12BF3KNO. The molecule has 0 saturated carbocycles. The predicted octanol–water partition coefficient (Wildman–Crippen LogP) is -2.24. The molecule has 1 fully saturated rings. The Kier molecular flexibility index (Phi) is 6.76. The van der Waals surface area contributed by atoms with Crippen molar-refractivity contribution < 1.29 is 69.4 Å². The molecule has 0 atom stereocenters. The monoisotopic (exact) mass is 221 g/mol. The molecule has 0 unspecified atom stereocenters. The molecule has 1 rings (SSSR count). The van der Waals surface area contributed by atoms with Crippen molar-refractivity contribution in [2.24, 2.45) is 5.92 Å². The molecule has 1 heterocycles. The molecule has 0 spiro atoms. The van der Waals surface area contributed by atoms with E-state index in [1.54, 1.807) is 4.90 Å². The van der Waals surface area contributed by atoms with Crippen LogP contribution in [0, 0.1) is 5.92 Å². The van der Waals surface area contributed by atoms with Crippen molar-refractivity contribution in [2.45, 2.75) is 6.32 Å². The van der Waals surface area contributed by atoms with Crippen molar-refractivity contribution in [1.29, 1.82) is 0 Å². The zero-order chi connectivity index (χ0) is 9.19. The Balaban J connectivity index is 0.00000144. The molecule has 0 bridgehead atoms. The number of aliphatic hydroxyl groups is 1. The average molecular weight is 221 g/mol. The molecule has 13 heavy (non-hydrogen) atoms. The number of hydrogen-bond donors (Lipinski definition) is 1. The van der Waals surface area contributed by atoms with Crippen molar-refractivity contribution in [3.05, 3.63) is 0 Å². The van der Waals surface area contributed by atoms with Crippen LogP contribution in [0.4, 0.5) is 12.9 Å². The van der Waals surface area contributed by atoms with Crippen molar-refractivity contribution in [3.8, 4) is 0 Å². The summed E-state index contributed by atoms with van der Waals surface area (Å²) >= 11 is 0. The molecule has 1 aliphatic heterocycles. The van der Waals surface area contributed by atoms with E-state index in [1.165, 1.54) is 0 Å². The summed E-state index contributed by atoms with van der Waals surface area (Å²) in [7, 11) is 0. The van der Waals surface area contributed by atoms with Crippen LogP contribution in [0.2, 0.25) is 6.32 Å². The van der Waals surface area contributed by atoms with Crippen LogP contribution in [-0.2, 0) is 0 Å². The van der Waals surface area contributed by atoms with Crippen LogP contribution in [0.25, 0.3) is 0 Å². The van der Waals surface area contributed by atoms with Crippen molar-refractivity contribution >= 4 is 6.98 Å². The molecule has 1 aliphatic rings. The molecule has 0 aromatic carbocycles. The zero-order valence-electron chi connectivity index (χ0n) is 7.72. The van der Waals surface area contributed by atoms with Crippen molar-refractivity contribution in [2.75, 3.05) is 26.2 Å². The zero-order valence-corrected chi connectivity index (χ0v) is 10.8. The van der Waals surface area contributed by atoms with Crippen LogP contribution >= 0.6 is 0 Å². The second-order valence-corrected chi connectivity index (χ2v) is 3.31. The van der Waals surface area contributed by atoms with Gasteiger partial charge in [-0.1, -0.05) is 6.32 Å². The predicted molar refractivity (Wildman–Crippen MR) is 40.9 cm³/mol. The van der Waals surface area contributed by atoms with Gasteiger partial charge in [0.25, 0.3) is 0 Å². The van der Waals surface area contributed by atoms with Gasteiger partial charge in [-0.15, -0.1) is 0 Å². The molecule has 0 radical (unpaired) electrons. The van der Waals surface area contributed by atoms with Crippen LogP contribution in [0.3, 0.4) is 0 Å². The van der Waals surface area contributed by atoms with E-state index >= 15 is 0 Å². The van der Waals surface area contributed by atoms with E-state index in [1.807, 2.05) is 0 Å². The molecule has 2 nitrogen and oxygen atoms in total. The van der Waals surface area contributed by atoms with Gasteiger partial charge in [0.2, 0.25) is 0 Å². The molecule has 0 aromatic rings. The third-order valence-electron chi connectivity index (χ3n) is 2.06. The summed E-state index contributed by atoms with van der Waals surface area (Å²) in [6.45, 7) is -3.21. The van der Waals surface area contributed by atoms with Gasteiger partial charge < -0.3 is 23.0 Å². The second kappa shape index (κ2) is 6.09. The Bertz CT molecular complexity index is 151. The summed E-state index contributed by atoms with van der Waals surface area (Å²) in [5.41, 5.74) is 0. The maximum Gasteiger partial charge on any atom is 1.00 e. The largest absolute Gasteiger partial charge is 1.00 e. The third kappa shape index (κ3) is 5.76. The molecule has 0 aliphatic carbocycles. The van der Waals surface area contributed by atoms with E-state index in [9.17, 15) is 12.9 Å². The maximum absolute atomic E-state index is 11.7. The van der Waals surface area contributed by atoms with E-state index in [-0.39, 0.29) is 70.5 Å². The number of halogens is 3. The Morgan fingerprint density at radius 3 is 2.23 bits per heavy atom. The van der Waals surface area contributed by atoms with Crippen molar-refractivity contribution in [3.63, 3.8) is 0 Å². The smallest absolute Gasteiger partial charge is 0.449 e. The summed E-state index contributed by atoms with van der Waals surface area (Å²) in [6.07, 6.45) is -0.682. The van der Waals surface area contributed by atoms with Crippen LogP contribution in [-0.4, -0.2) is 43.2 Å². The topological polar surface area (TPSA) is 23.5 Å². The number of aliphatic hydroxyl groups excluding tert-OH is 1. The van der Waals surface area contributed by atoms with Gasteiger partial charge in [0.15, 0.2) is 0 Å². The van der Waals surface area contributed by atoms with E-state index in [4.69, 9.17) is 5.11 Å². The number of likely N-dealkylation sites (tertiary alicyclic amines) is 1. The van der Waals surface area contributed by atoms with Gasteiger partial charge in [-0.05, 0) is 6.54 Å². The maximum atomic E-state index is 11.7. The molecule has 72 valence electrons. The fourth-order valence-corrected chi connectivity index (χ4v) is 1.30.